The Bertz CT molecular complexity index is 933. The van der Waals surface area contributed by atoms with Crippen molar-refractivity contribution in [1.82, 2.24) is 10.6 Å². The molecule has 42 heavy (non-hydrogen) atoms. The first kappa shape index (κ1) is 39.3. The van der Waals surface area contributed by atoms with Crippen molar-refractivity contribution in [2.75, 3.05) is 13.1 Å². The van der Waals surface area contributed by atoms with Crippen molar-refractivity contribution in [3.05, 3.63) is 24.3 Å². The van der Waals surface area contributed by atoms with E-state index in [1.54, 1.807) is 12.2 Å². The number of hydrogen-bond acceptors (Lipinski definition) is 6. The van der Waals surface area contributed by atoms with Gasteiger partial charge in [0.15, 0.2) is 5.25 Å². The molecule has 0 aromatic rings. The van der Waals surface area contributed by atoms with Gasteiger partial charge < -0.3 is 20.8 Å². The molecule has 2 amide bonds. The molecule has 242 valence electrons. The minimum absolute atomic E-state index is 0.363. The Morgan fingerprint density at radius 3 is 1.40 bits per heavy atom. The summed E-state index contributed by atoms with van der Waals surface area (Å²) in [6.45, 7) is 3.55. The van der Waals surface area contributed by atoms with E-state index >= 15 is 0 Å². The van der Waals surface area contributed by atoms with Crippen LogP contribution in [0.3, 0.4) is 0 Å². The first-order valence-electron chi connectivity index (χ1n) is 15.2. The molecule has 0 heterocycles. The van der Waals surface area contributed by atoms with Gasteiger partial charge in [-0.1, -0.05) is 90.2 Å². The van der Waals surface area contributed by atoms with Crippen LogP contribution in [0.4, 0.5) is 0 Å². The lowest BCUT2D eigenvalue weighted by Gasteiger charge is -2.33. The summed E-state index contributed by atoms with van der Waals surface area (Å²) in [5, 5.41) is 21.8. The fourth-order valence-electron chi connectivity index (χ4n) is 4.76. The average molecular weight is 617 g/mol. The molecule has 5 N–H and O–H groups in total. The van der Waals surface area contributed by atoms with Crippen LogP contribution in [-0.4, -0.2) is 65.3 Å². The molecular weight excluding hydrogens is 564 g/mol. The van der Waals surface area contributed by atoms with Crippen molar-refractivity contribution in [1.29, 1.82) is 0 Å². The molecule has 0 aliphatic heterocycles. The molecule has 1 atom stereocenters. The van der Waals surface area contributed by atoms with Gasteiger partial charge in [0.1, 0.15) is 5.41 Å². The number of nitrogens with one attached hydrogen (secondary N) is 2. The minimum atomic E-state index is -5.36. The second-order valence-electron chi connectivity index (χ2n) is 10.7. The zero-order valence-corrected chi connectivity index (χ0v) is 26.1. The Labute approximate surface area is 251 Å². The number of rotatable bonds is 26. The summed E-state index contributed by atoms with van der Waals surface area (Å²) in [6.07, 6.45) is 19.4. The van der Waals surface area contributed by atoms with E-state index in [-0.39, 0.29) is 13.1 Å². The second-order valence-corrected chi connectivity index (χ2v) is 12.2. The first-order chi connectivity index (χ1) is 19.9. The highest BCUT2D eigenvalue weighted by Gasteiger charge is 2.55. The Hall–Kier alpha value is -2.73. The highest BCUT2D eigenvalue weighted by Crippen LogP contribution is 2.35. The molecule has 0 aromatic carbocycles. The summed E-state index contributed by atoms with van der Waals surface area (Å²) in [4.78, 5) is 48.6. The molecule has 0 saturated carbocycles. The molecule has 0 aliphatic rings. The van der Waals surface area contributed by atoms with E-state index in [1.165, 1.54) is 37.8 Å². The highest BCUT2D eigenvalue weighted by atomic mass is 32.2. The molecule has 12 heteroatoms. The quantitative estimate of drug-likeness (QED) is 0.0505. The molecular formula is C30H52N2O9S. The van der Waals surface area contributed by atoms with Gasteiger partial charge in [0.2, 0.25) is 11.8 Å². The maximum Gasteiger partial charge on any atom is 0.325 e. The van der Waals surface area contributed by atoms with Crippen LogP contribution in [-0.2, 0) is 29.3 Å². The molecule has 0 aromatic heterocycles. The Morgan fingerprint density at radius 1 is 0.690 bits per heavy atom. The largest absolute Gasteiger partial charge is 0.481 e. The van der Waals surface area contributed by atoms with Gasteiger partial charge in [0.25, 0.3) is 10.1 Å². The third-order valence-corrected chi connectivity index (χ3v) is 8.43. The van der Waals surface area contributed by atoms with Gasteiger partial charge in [-0.2, -0.15) is 8.42 Å². The van der Waals surface area contributed by atoms with Gasteiger partial charge in [-0.3, -0.25) is 23.7 Å². The zero-order valence-electron chi connectivity index (χ0n) is 25.3. The normalized spacial score (nSPS) is 14.1. The number of carboxylic acids is 2. The Balaban J connectivity index is 5.15. The van der Waals surface area contributed by atoms with Gasteiger partial charge in [-0.25, -0.2) is 0 Å². The predicted molar refractivity (Wildman–Crippen MR) is 163 cm³/mol. The van der Waals surface area contributed by atoms with Gasteiger partial charge in [0, 0.05) is 13.1 Å². The van der Waals surface area contributed by atoms with E-state index in [4.69, 9.17) is 0 Å². The number of hydrogen-bond donors (Lipinski definition) is 5. The predicted octanol–water partition coefficient (Wildman–Crippen LogP) is 5.02. The fourth-order valence-corrected chi connectivity index (χ4v) is 5.92. The highest BCUT2D eigenvalue weighted by molar-refractivity contribution is 7.87. The van der Waals surface area contributed by atoms with Crippen LogP contribution in [0.5, 0.6) is 0 Å². The van der Waals surface area contributed by atoms with Crippen molar-refractivity contribution >= 4 is 33.9 Å². The number of allylic oxidation sites excluding steroid dienone is 2. The number of carbonyl (C=O) groups is 4. The topological polar surface area (TPSA) is 187 Å². The van der Waals surface area contributed by atoms with E-state index in [2.05, 4.69) is 24.5 Å². The first-order valence-corrected chi connectivity index (χ1v) is 16.7. The van der Waals surface area contributed by atoms with Crippen LogP contribution in [0.1, 0.15) is 117 Å². The Morgan fingerprint density at radius 2 is 1.07 bits per heavy atom. The Kier molecular flexibility index (Phi) is 21.3. The third-order valence-electron chi connectivity index (χ3n) is 7.18. The van der Waals surface area contributed by atoms with Crippen molar-refractivity contribution in [2.24, 2.45) is 5.41 Å². The summed E-state index contributed by atoms with van der Waals surface area (Å²) < 4.78 is 33.7. The van der Waals surface area contributed by atoms with Crippen LogP contribution in [0.2, 0.25) is 0 Å². The molecule has 0 radical (unpaired) electrons. The van der Waals surface area contributed by atoms with Crippen LogP contribution < -0.4 is 10.6 Å². The lowest BCUT2D eigenvalue weighted by molar-refractivity contribution is -0.156. The van der Waals surface area contributed by atoms with Gasteiger partial charge in [0.05, 0.1) is 0 Å². The number of aliphatic carboxylic acids is 2. The van der Waals surface area contributed by atoms with Crippen LogP contribution in [0.25, 0.3) is 0 Å². The summed E-state index contributed by atoms with van der Waals surface area (Å²) >= 11 is 0. The van der Waals surface area contributed by atoms with Crippen LogP contribution >= 0.6 is 0 Å². The molecule has 0 spiro atoms. The molecule has 0 bridgehead atoms. The SMILES string of the molecule is CCCCCCCCC=CC(=O)NCCC(CCNC(=O)C=CCCCCCCCC)(C(=O)O)C(C(=O)O)S(=O)(=O)O. The summed E-state index contributed by atoms with van der Waals surface area (Å²) in [5.74, 6) is -4.91. The van der Waals surface area contributed by atoms with E-state index in [9.17, 15) is 42.4 Å². The van der Waals surface area contributed by atoms with Gasteiger partial charge in [-0.05, 0) is 50.7 Å². The maximum atomic E-state index is 12.3. The molecule has 0 aliphatic carbocycles. The molecule has 11 nitrogen and oxygen atoms in total. The average Bonchev–Trinajstić information content (AvgIpc) is 2.90. The molecule has 0 fully saturated rings. The summed E-state index contributed by atoms with van der Waals surface area (Å²) in [7, 11) is -5.36. The zero-order chi connectivity index (χ0) is 31.9. The molecule has 0 rings (SSSR count). The van der Waals surface area contributed by atoms with Gasteiger partial charge >= 0.3 is 11.9 Å². The second kappa shape index (κ2) is 22.8. The van der Waals surface area contributed by atoms with E-state index in [1.807, 2.05) is 0 Å². The number of carbonyl (C=O) groups excluding carboxylic acids is 2. The minimum Gasteiger partial charge on any atom is -0.481 e. The van der Waals surface area contributed by atoms with Crippen LogP contribution in [0.15, 0.2) is 24.3 Å². The molecule has 0 saturated heterocycles. The van der Waals surface area contributed by atoms with E-state index < -0.39 is 57.4 Å². The lowest BCUT2D eigenvalue weighted by atomic mass is 9.77. The van der Waals surface area contributed by atoms with Crippen molar-refractivity contribution in [3.8, 4) is 0 Å². The summed E-state index contributed by atoms with van der Waals surface area (Å²) in [5.41, 5.74) is -2.52. The van der Waals surface area contributed by atoms with Crippen LogP contribution in [0, 0.1) is 5.41 Å². The fraction of sp³-hybridized carbons (Fsp3) is 0.733. The van der Waals surface area contributed by atoms with Gasteiger partial charge in [-0.15, -0.1) is 0 Å². The standard InChI is InChI=1S/C30H52N2O9S/c1-3-5-7-9-11-13-15-17-19-25(33)31-23-21-30(29(37)38,27(28(35)36)42(39,40)41)22-24-32-26(34)20-18-16-14-12-10-8-6-4-2/h17-20,27H,3-16,21-24H2,1-2H3,(H,31,33)(H,32,34)(H,35,36)(H,37,38)(H,39,40,41). The van der Waals surface area contributed by atoms with Crippen molar-refractivity contribution in [2.45, 2.75) is 122 Å². The third kappa shape index (κ3) is 17.3. The number of carboxylic acid groups (broad SMARTS) is 2. The van der Waals surface area contributed by atoms with E-state index in [0.29, 0.717) is 12.8 Å². The van der Waals surface area contributed by atoms with E-state index in [0.717, 1.165) is 51.4 Å². The number of amides is 2. The van der Waals surface area contributed by atoms with Crippen molar-refractivity contribution in [3.63, 3.8) is 0 Å². The monoisotopic (exact) mass is 616 g/mol. The van der Waals surface area contributed by atoms with Crippen molar-refractivity contribution < 1.29 is 42.4 Å². The smallest absolute Gasteiger partial charge is 0.325 e. The lowest BCUT2D eigenvalue weighted by Crippen LogP contribution is -2.53. The summed E-state index contributed by atoms with van der Waals surface area (Å²) in [6, 6.07) is 0. The molecule has 1 unspecified atom stereocenters. The maximum absolute atomic E-state index is 12.3. The number of unbranched alkanes of at least 4 members (excludes halogenated alkanes) is 12.